The molecule has 2 aliphatic rings. The molecule has 0 aromatic heterocycles. The van der Waals surface area contributed by atoms with Gasteiger partial charge >= 0.3 is 12.1 Å². The molecule has 0 atom stereocenters. The number of morpholine rings is 1. The zero-order valence-electron chi connectivity index (χ0n) is 15.1. The average molecular weight is 362 g/mol. The van der Waals surface area contributed by atoms with E-state index in [0.29, 0.717) is 46.0 Å². The Labute approximate surface area is 153 Å². The molecule has 0 bridgehead atoms. The Morgan fingerprint density at radius 3 is 2.38 bits per heavy atom. The maximum absolute atomic E-state index is 12.6. The lowest BCUT2D eigenvalue weighted by Crippen LogP contribution is -2.51. The van der Waals surface area contributed by atoms with Crippen LogP contribution in [0.1, 0.15) is 6.92 Å². The zero-order chi connectivity index (χ0) is 18.4. The second kappa shape index (κ2) is 8.75. The largest absolute Gasteiger partial charge is 0.450 e. The first kappa shape index (κ1) is 18.3. The molecule has 1 aromatic rings. The number of anilines is 2. The van der Waals surface area contributed by atoms with Gasteiger partial charge in [-0.2, -0.15) is 0 Å². The van der Waals surface area contributed by atoms with Gasteiger partial charge in [0.2, 0.25) is 0 Å². The zero-order valence-corrected chi connectivity index (χ0v) is 15.1. The molecule has 3 amide bonds. The van der Waals surface area contributed by atoms with E-state index in [9.17, 15) is 9.59 Å². The number of urea groups is 1. The van der Waals surface area contributed by atoms with Gasteiger partial charge in [0.25, 0.3) is 0 Å². The number of carbonyl (C=O) groups is 2. The number of benzene rings is 1. The summed E-state index contributed by atoms with van der Waals surface area (Å²) in [5.74, 6) is 0. The highest BCUT2D eigenvalue weighted by molar-refractivity contribution is 5.93. The number of nitrogens with zero attached hydrogens (tertiary/aromatic N) is 3. The number of ether oxygens (including phenoxy) is 2. The van der Waals surface area contributed by atoms with E-state index in [1.165, 1.54) is 0 Å². The standard InChI is InChI=1S/C18H26N4O4/c1-2-26-18(24)22-9-7-21(8-10-22)17(23)19-15-5-3-4-6-16(15)20-11-13-25-14-12-20/h3-6H,2,7-14H2,1H3,(H,19,23). The van der Waals surface area contributed by atoms with Crippen LogP contribution in [0.3, 0.4) is 0 Å². The van der Waals surface area contributed by atoms with Crippen LogP contribution in [0.5, 0.6) is 0 Å². The van der Waals surface area contributed by atoms with Gasteiger partial charge in [-0.3, -0.25) is 0 Å². The summed E-state index contributed by atoms with van der Waals surface area (Å²) in [7, 11) is 0. The Morgan fingerprint density at radius 1 is 1.04 bits per heavy atom. The van der Waals surface area contributed by atoms with Crippen molar-refractivity contribution in [3.63, 3.8) is 0 Å². The fraction of sp³-hybridized carbons (Fsp3) is 0.556. The van der Waals surface area contributed by atoms with Crippen LogP contribution >= 0.6 is 0 Å². The highest BCUT2D eigenvalue weighted by Gasteiger charge is 2.25. The Morgan fingerprint density at radius 2 is 1.69 bits per heavy atom. The molecule has 0 aliphatic carbocycles. The second-order valence-corrected chi connectivity index (χ2v) is 6.22. The monoisotopic (exact) mass is 362 g/mol. The third-order valence-corrected chi connectivity index (χ3v) is 4.59. The normalized spacial score (nSPS) is 17.8. The molecule has 2 saturated heterocycles. The van der Waals surface area contributed by atoms with Gasteiger partial charge in [0.1, 0.15) is 0 Å². The number of para-hydroxylation sites is 2. The number of piperazine rings is 1. The number of amides is 3. The first-order chi connectivity index (χ1) is 12.7. The maximum Gasteiger partial charge on any atom is 0.409 e. The van der Waals surface area contributed by atoms with Crippen molar-refractivity contribution in [2.75, 3.05) is 69.3 Å². The molecule has 0 saturated carbocycles. The van der Waals surface area contributed by atoms with Crippen molar-refractivity contribution in [3.05, 3.63) is 24.3 Å². The van der Waals surface area contributed by atoms with E-state index in [1.54, 1.807) is 16.7 Å². The van der Waals surface area contributed by atoms with E-state index in [-0.39, 0.29) is 12.1 Å². The molecule has 1 aromatic carbocycles. The van der Waals surface area contributed by atoms with Crippen LogP contribution in [0.4, 0.5) is 21.0 Å². The number of nitrogens with one attached hydrogen (secondary N) is 1. The summed E-state index contributed by atoms with van der Waals surface area (Å²) in [5.41, 5.74) is 1.81. The molecule has 0 unspecified atom stereocenters. The summed E-state index contributed by atoms with van der Waals surface area (Å²) in [5, 5.41) is 3.02. The van der Waals surface area contributed by atoms with Gasteiger partial charge in [-0.25, -0.2) is 9.59 Å². The maximum atomic E-state index is 12.6. The minimum atomic E-state index is -0.315. The Hall–Kier alpha value is -2.48. The van der Waals surface area contributed by atoms with E-state index in [2.05, 4.69) is 10.2 Å². The van der Waals surface area contributed by atoms with E-state index in [0.717, 1.165) is 24.5 Å². The minimum Gasteiger partial charge on any atom is -0.450 e. The molecule has 142 valence electrons. The number of hydrogen-bond acceptors (Lipinski definition) is 5. The minimum absolute atomic E-state index is 0.144. The highest BCUT2D eigenvalue weighted by atomic mass is 16.6. The summed E-state index contributed by atoms with van der Waals surface area (Å²) in [6.07, 6.45) is -0.315. The van der Waals surface area contributed by atoms with Crippen LogP contribution in [-0.4, -0.2) is 81.0 Å². The molecular formula is C18H26N4O4. The van der Waals surface area contributed by atoms with Crippen LogP contribution in [0.2, 0.25) is 0 Å². The van der Waals surface area contributed by atoms with Gasteiger partial charge < -0.3 is 29.5 Å². The smallest absolute Gasteiger partial charge is 0.409 e. The van der Waals surface area contributed by atoms with E-state index >= 15 is 0 Å². The van der Waals surface area contributed by atoms with Crippen molar-refractivity contribution in [2.45, 2.75) is 6.92 Å². The van der Waals surface area contributed by atoms with Crippen LogP contribution < -0.4 is 10.2 Å². The lowest BCUT2D eigenvalue weighted by molar-refractivity contribution is 0.0868. The fourth-order valence-electron chi connectivity index (χ4n) is 3.16. The lowest BCUT2D eigenvalue weighted by atomic mass is 10.2. The molecule has 1 N–H and O–H groups in total. The SMILES string of the molecule is CCOC(=O)N1CCN(C(=O)Nc2ccccc2N2CCOCC2)CC1. The molecule has 8 heteroatoms. The van der Waals surface area contributed by atoms with Gasteiger partial charge in [0.05, 0.1) is 31.2 Å². The molecule has 26 heavy (non-hydrogen) atoms. The third kappa shape index (κ3) is 4.37. The topological polar surface area (TPSA) is 74.4 Å². The first-order valence-electron chi connectivity index (χ1n) is 9.08. The van der Waals surface area contributed by atoms with E-state index in [1.807, 2.05) is 24.3 Å². The predicted molar refractivity (Wildman–Crippen MR) is 98.7 cm³/mol. The van der Waals surface area contributed by atoms with Crippen molar-refractivity contribution >= 4 is 23.5 Å². The van der Waals surface area contributed by atoms with Gasteiger partial charge in [0, 0.05) is 39.3 Å². The van der Waals surface area contributed by atoms with E-state index < -0.39 is 0 Å². The van der Waals surface area contributed by atoms with Crippen molar-refractivity contribution in [3.8, 4) is 0 Å². The fourth-order valence-corrected chi connectivity index (χ4v) is 3.16. The highest BCUT2D eigenvalue weighted by Crippen LogP contribution is 2.26. The van der Waals surface area contributed by atoms with Gasteiger partial charge in [-0.15, -0.1) is 0 Å². The summed E-state index contributed by atoms with van der Waals surface area (Å²) in [6.45, 7) is 7.10. The predicted octanol–water partition coefficient (Wildman–Crippen LogP) is 1.83. The second-order valence-electron chi connectivity index (χ2n) is 6.22. The summed E-state index contributed by atoms with van der Waals surface area (Å²) < 4.78 is 10.4. The quantitative estimate of drug-likeness (QED) is 0.888. The molecule has 2 fully saturated rings. The lowest BCUT2D eigenvalue weighted by Gasteiger charge is -2.35. The Kier molecular flexibility index (Phi) is 6.17. The summed E-state index contributed by atoms with van der Waals surface area (Å²) in [4.78, 5) is 30.0. The van der Waals surface area contributed by atoms with Gasteiger partial charge in [0.15, 0.2) is 0 Å². The van der Waals surface area contributed by atoms with Crippen molar-refractivity contribution in [1.29, 1.82) is 0 Å². The van der Waals surface area contributed by atoms with Crippen molar-refractivity contribution in [1.82, 2.24) is 9.80 Å². The molecule has 8 nitrogen and oxygen atoms in total. The average Bonchev–Trinajstić information content (AvgIpc) is 2.69. The third-order valence-electron chi connectivity index (χ3n) is 4.59. The molecular weight excluding hydrogens is 336 g/mol. The van der Waals surface area contributed by atoms with Crippen LogP contribution in [0, 0.1) is 0 Å². The van der Waals surface area contributed by atoms with Crippen molar-refractivity contribution < 1.29 is 19.1 Å². The number of rotatable bonds is 3. The Balaban J connectivity index is 1.58. The van der Waals surface area contributed by atoms with Gasteiger partial charge in [-0.1, -0.05) is 12.1 Å². The molecule has 3 rings (SSSR count). The molecule has 2 heterocycles. The molecule has 0 radical (unpaired) electrons. The molecule has 2 aliphatic heterocycles. The molecule has 0 spiro atoms. The van der Waals surface area contributed by atoms with E-state index in [4.69, 9.17) is 9.47 Å². The Bertz CT molecular complexity index is 625. The number of carbonyl (C=O) groups excluding carboxylic acids is 2. The summed E-state index contributed by atoms with van der Waals surface area (Å²) >= 11 is 0. The van der Waals surface area contributed by atoms with Crippen LogP contribution in [0.25, 0.3) is 0 Å². The van der Waals surface area contributed by atoms with Crippen molar-refractivity contribution in [2.24, 2.45) is 0 Å². The van der Waals surface area contributed by atoms with Crippen LogP contribution in [0.15, 0.2) is 24.3 Å². The van der Waals surface area contributed by atoms with Crippen LogP contribution in [-0.2, 0) is 9.47 Å². The number of hydrogen-bond donors (Lipinski definition) is 1. The summed E-state index contributed by atoms with van der Waals surface area (Å²) in [6, 6.07) is 7.67. The first-order valence-corrected chi connectivity index (χ1v) is 9.08. The van der Waals surface area contributed by atoms with Gasteiger partial charge in [-0.05, 0) is 19.1 Å².